The molecule has 0 heterocycles. The van der Waals surface area contributed by atoms with Crippen molar-refractivity contribution in [1.29, 1.82) is 0 Å². The number of para-hydroxylation sites is 1. The van der Waals surface area contributed by atoms with Crippen LogP contribution in [-0.4, -0.2) is 27.7 Å². The van der Waals surface area contributed by atoms with Crippen LogP contribution in [0.25, 0.3) is 10.8 Å². The predicted octanol–water partition coefficient (Wildman–Crippen LogP) is 3.15. The second-order valence-corrected chi connectivity index (χ2v) is 7.90. The molecule has 0 bridgehead atoms. The summed E-state index contributed by atoms with van der Waals surface area (Å²) < 4.78 is 30.5. The van der Waals surface area contributed by atoms with Gasteiger partial charge in [0.1, 0.15) is 5.75 Å². The second kappa shape index (κ2) is 7.67. The zero-order valence-corrected chi connectivity index (χ0v) is 15.8. The lowest BCUT2D eigenvalue weighted by Gasteiger charge is -2.11. The van der Waals surface area contributed by atoms with E-state index in [0.29, 0.717) is 6.54 Å². The fraction of sp³-hybridized carbons (Fsp3) is 0.150. The van der Waals surface area contributed by atoms with Gasteiger partial charge >= 0.3 is 0 Å². The highest BCUT2D eigenvalue weighted by Crippen LogP contribution is 2.22. The van der Waals surface area contributed by atoms with Gasteiger partial charge in [0.2, 0.25) is 10.0 Å². The first-order valence-corrected chi connectivity index (χ1v) is 10.2. The van der Waals surface area contributed by atoms with Crippen LogP contribution < -0.4 is 14.8 Å². The molecule has 0 fully saturated rings. The molecule has 0 aliphatic rings. The van der Waals surface area contributed by atoms with Crippen LogP contribution in [0.3, 0.4) is 0 Å². The third kappa shape index (κ3) is 4.77. The van der Waals surface area contributed by atoms with Crippen molar-refractivity contribution in [3.05, 3.63) is 71.8 Å². The summed E-state index contributed by atoms with van der Waals surface area (Å²) in [6.45, 7) is 0.327. The van der Waals surface area contributed by atoms with Crippen molar-refractivity contribution < 1.29 is 17.9 Å². The highest BCUT2D eigenvalue weighted by Gasteiger charge is 2.13. The lowest BCUT2D eigenvalue weighted by atomic mass is 10.1. The number of fused-ring (bicyclic) bond motifs is 1. The molecule has 0 aliphatic carbocycles. The van der Waals surface area contributed by atoms with E-state index in [1.165, 1.54) is 0 Å². The quantitative estimate of drug-likeness (QED) is 0.684. The summed E-state index contributed by atoms with van der Waals surface area (Å²) in [7, 11) is -1.84. The standard InChI is InChI=1S/C20H20N2O4S/c1-26-17-10-9-15-11-14(7-8-16(15)12-17)13-21-20(23)18-5-3-4-6-19(18)22-27(2,24)25/h3-12,22H,13H2,1-2H3,(H,21,23). The van der Waals surface area contributed by atoms with Crippen LogP contribution >= 0.6 is 0 Å². The van der Waals surface area contributed by atoms with Crippen molar-refractivity contribution in [1.82, 2.24) is 5.32 Å². The van der Waals surface area contributed by atoms with Crippen molar-refractivity contribution in [3.8, 4) is 5.75 Å². The van der Waals surface area contributed by atoms with Gasteiger partial charge < -0.3 is 10.1 Å². The van der Waals surface area contributed by atoms with Crippen LogP contribution in [0.15, 0.2) is 60.7 Å². The summed E-state index contributed by atoms with van der Waals surface area (Å²) in [6, 6.07) is 18.2. The van der Waals surface area contributed by atoms with Crippen molar-refractivity contribution >= 4 is 32.4 Å². The fourth-order valence-electron chi connectivity index (χ4n) is 2.76. The van der Waals surface area contributed by atoms with Crippen molar-refractivity contribution in [3.63, 3.8) is 0 Å². The molecule has 0 saturated carbocycles. The average molecular weight is 384 g/mol. The Balaban J connectivity index is 1.75. The van der Waals surface area contributed by atoms with E-state index in [9.17, 15) is 13.2 Å². The third-order valence-corrected chi connectivity index (χ3v) is 4.62. The molecule has 0 spiro atoms. The fourth-order valence-corrected chi connectivity index (χ4v) is 3.34. The first-order valence-electron chi connectivity index (χ1n) is 8.27. The van der Waals surface area contributed by atoms with Gasteiger partial charge in [-0.2, -0.15) is 0 Å². The van der Waals surface area contributed by atoms with Crippen molar-refractivity contribution in [2.75, 3.05) is 18.1 Å². The number of methoxy groups -OCH3 is 1. The summed E-state index contributed by atoms with van der Waals surface area (Å²) in [4.78, 5) is 12.5. The normalized spacial score (nSPS) is 11.2. The minimum Gasteiger partial charge on any atom is -0.497 e. The third-order valence-electron chi connectivity index (χ3n) is 4.03. The van der Waals surface area contributed by atoms with Crippen LogP contribution in [-0.2, 0) is 16.6 Å². The first kappa shape index (κ1) is 18.7. The molecule has 0 unspecified atom stereocenters. The van der Waals surface area contributed by atoms with Gasteiger partial charge in [0.05, 0.1) is 24.6 Å². The Bertz CT molecular complexity index is 1090. The van der Waals surface area contributed by atoms with E-state index in [1.54, 1.807) is 31.4 Å². The number of anilines is 1. The number of amides is 1. The Morgan fingerprint density at radius 2 is 1.70 bits per heavy atom. The minimum absolute atomic E-state index is 0.253. The van der Waals surface area contributed by atoms with Gasteiger partial charge in [0.15, 0.2) is 0 Å². The molecular weight excluding hydrogens is 364 g/mol. The highest BCUT2D eigenvalue weighted by molar-refractivity contribution is 7.92. The number of nitrogens with one attached hydrogen (secondary N) is 2. The second-order valence-electron chi connectivity index (χ2n) is 6.15. The van der Waals surface area contributed by atoms with E-state index in [1.807, 2.05) is 36.4 Å². The molecule has 0 aromatic heterocycles. The molecule has 140 valence electrons. The van der Waals surface area contributed by atoms with Crippen LogP contribution in [0.1, 0.15) is 15.9 Å². The van der Waals surface area contributed by atoms with E-state index in [-0.39, 0.29) is 17.2 Å². The smallest absolute Gasteiger partial charge is 0.253 e. The Kier molecular flexibility index (Phi) is 5.32. The maximum absolute atomic E-state index is 12.5. The summed E-state index contributed by atoms with van der Waals surface area (Å²) >= 11 is 0. The number of carbonyl (C=O) groups is 1. The largest absolute Gasteiger partial charge is 0.497 e. The lowest BCUT2D eigenvalue weighted by Crippen LogP contribution is -2.24. The van der Waals surface area contributed by atoms with Crippen molar-refractivity contribution in [2.24, 2.45) is 0 Å². The Morgan fingerprint density at radius 3 is 2.44 bits per heavy atom. The van der Waals surface area contributed by atoms with Crippen LogP contribution in [0.4, 0.5) is 5.69 Å². The van der Waals surface area contributed by atoms with Gasteiger partial charge in [-0.25, -0.2) is 8.42 Å². The maximum Gasteiger partial charge on any atom is 0.253 e. The molecule has 3 aromatic carbocycles. The molecule has 0 atom stereocenters. The number of hydrogen-bond acceptors (Lipinski definition) is 4. The van der Waals surface area contributed by atoms with E-state index in [4.69, 9.17) is 4.74 Å². The molecule has 3 aromatic rings. The molecule has 0 aliphatic heterocycles. The maximum atomic E-state index is 12.5. The molecule has 0 saturated heterocycles. The zero-order chi connectivity index (χ0) is 19.4. The van der Waals surface area contributed by atoms with E-state index < -0.39 is 10.0 Å². The summed E-state index contributed by atoms with van der Waals surface area (Å²) in [5.41, 5.74) is 1.46. The molecule has 7 heteroatoms. The Hall–Kier alpha value is -3.06. The molecule has 6 nitrogen and oxygen atoms in total. The Labute approximate surface area is 158 Å². The highest BCUT2D eigenvalue weighted by atomic mass is 32.2. The minimum atomic E-state index is -3.47. The number of benzene rings is 3. The topological polar surface area (TPSA) is 84.5 Å². The molecule has 0 radical (unpaired) electrons. The van der Waals surface area contributed by atoms with Gasteiger partial charge in [-0.05, 0) is 46.7 Å². The molecule has 3 rings (SSSR count). The van der Waals surface area contributed by atoms with Crippen LogP contribution in [0.2, 0.25) is 0 Å². The van der Waals surface area contributed by atoms with Gasteiger partial charge in [-0.3, -0.25) is 9.52 Å². The summed E-state index contributed by atoms with van der Waals surface area (Å²) in [5, 5.41) is 4.92. The van der Waals surface area contributed by atoms with Gasteiger partial charge in [-0.15, -0.1) is 0 Å². The van der Waals surface area contributed by atoms with Gasteiger partial charge in [0, 0.05) is 6.54 Å². The number of sulfonamides is 1. The SMILES string of the molecule is COc1ccc2cc(CNC(=O)c3ccccc3NS(C)(=O)=O)ccc2c1. The van der Waals surface area contributed by atoms with Gasteiger partial charge in [-0.1, -0.05) is 30.3 Å². The zero-order valence-electron chi connectivity index (χ0n) is 15.0. The number of rotatable bonds is 6. The Morgan fingerprint density at radius 1 is 1.00 bits per heavy atom. The first-order chi connectivity index (χ1) is 12.9. The molecule has 1 amide bonds. The van der Waals surface area contributed by atoms with E-state index in [2.05, 4.69) is 10.0 Å². The van der Waals surface area contributed by atoms with Crippen LogP contribution in [0, 0.1) is 0 Å². The summed E-state index contributed by atoms with van der Waals surface area (Å²) in [6.07, 6.45) is 1.05. The monoisotopic (exact) mass is 384 g/mol. The number of carbonyl (C=O) groups excluding carboxylic acids is 1. The van der Waals surface area contributed by atoms with Crippen LogP contribution in [0.5, 0.6) is 5.75 Å². The molecule has 27 heavy (non-hydrogen) atoms. The number of ether oxygens (including phenoxy) is 1. The summed E-state index contributed by atoms with van der Waals surface area (Å²) in [5.74, 6) is 0.440. The number of hydrogen-bond donors (Lipinski definition) is 2. The average Bonchev–Trinajstić information content (AvgIpc) is 2.64. The lowest BCUT2D eigenvalue weighted by molar-refractivity contribution is 0.0952. The molecule has 2 N–H and O–H groups in total. The van der Waals surface area contributed by atoms with Crippen molar-refractivity contribution in [2.45, 2.75) is 6.54 Å². The van der Waals surface area contributed by atoms with Gasteiger partial charge in [0.25, 0.3) is 5.91 Å². The van der Waals surface area contributed by atoms with E-state index >= 15 is 0 Å². The molecular formula is C20H20N2O4S. The predicted molar refractivity (Wildman–Crippen MR) is 107 cm³/mol. The van der Waals surface area contributed by atoms with E-state index in [0.717, 1.165) is 28.3 Å².